The number of benzene rings is 2. The Morgan fingerprint density at radius 1 is 1.09 bits per heavy atom. The molecule has 2 aromatic carbocycles. The molecule has 116 valence electrons. The minimum Gasteiger partial charge on any atom is -0.456 e. The van der Waals surface area contributed by atoms with E-state index in [-0.39, 0.29) is 22.9 Å². The summed E-state index contributed by atoms with van der Waals surface area (Å²) >= 11 is 0.873. The van der Waals surface area contributed by atoms with Gasteiger partial charge in [-0.2, -0.15) is 0 Å². The normalized spacial score (nSPS) is 10.5. The van der Waals surface area contributed by atoms with Crippen molar-refractivity contribution >= 4 is 17.5 Å². The van der Waals surface area contributed by atoms with Crippen molar-refractivity contribution in [3.8, 4) is 11.3 Å². The van der Waals surface area contributed by atoms with Gasteiger partial charge in [0.15, 0.2) is 4.88 Å². The molecule has 0 aliphatic rings. The molecular weight excluding hydrogens is 322 g/mol. The van der Waals surface area contributed by atoms with E-state index in [2.05, 4.69) is 9.59 Å². The van der Waals surface area contributed by atoms with Crippen molar-refractivity contribution in [2.45, 2.75) is 6.61 Å². The molecular formula is C16H10F2N2O2S. The Balaban J connectivity index is 1.77. The summed E-state index contributed by atoms with van der Waals surface area (Å²) in [5.41, 5.74) is 1.15. The van der Waals surface area contributed by atoms with Crippen molar-refractivity contribution in [1.29, 1.82) is 0 Å². The summed E-state index contributed by atoms with van der Waals surface area (Å²) in [6, 6.07) is 11.6. The van der Waals surface area contributed by atoms with Crippen LogP contribution >= 0.6 is 11.5 Å². The van der Waals surface area contributed by atoms with Gasteiger partial charge in [0.05, 0.1) is 0 Å². The highest BCUT2D eigenvalue weighted by Gasteiger charge is 2.19. The van der Waals surface area contributed by atoms with E-state index in [9.17, 15) is 13.6 Å². The van der Waals surface area contributed by atoms with Crippen molar-refractivity contribution in [3.63, 3.8) is 0 Å². The number of hydrogen-bond donors (Lipinski definition) is 0. The third kappa shape index (κ3) is 3.40. The number of nitrogens with zero attached hydrogens (tertiary/aromatic N) is 2. The minimum atomic E-state index is -0.650. The number of halogens is 2. The Morgan fingerprint density at radius 2 is 1.83 bits per heavy atom. The molecule has 1 heterocycles. The van der Waals surface area contributed by atoms with Crippen LogP contribution in [0.15, 0.2) is 48.5 Å². The van der Waals surface area contributed by atoms with E-state index >= 15 is 0 Å². The summed E-state index contributed by atoms with van der Waals surface area (Å²) in [5.74, 6) is -1.48. The van der Waals surface area contributed by atoms with E-state index in [4.69, 9.17) is 4.74 Å². The predicted octanol–water partition coefficient (Wildman–Crippen LogP) is 3.84. The van der Waals surface area contributed by atoms with Crippen LogP contribution in [0.3, 0.4) is 0 Å². The maximum Gasteiger partial charge on any atom is 0.352 e. The zero-order valence-corrected chi connectivity index (χ0v) is 12.5. The summed E-state index contributed by atoms with van der Waals surface area (Å²) < 4.78 is 35.3. The minimum absolute atomic E-state index is 0.188. The molecule has 0 unspecified atom stereocenters. The third-order valence-electron chi connectivity index (χ3n) is 3.11. The average molecular weight is 332 g/mol. The average Bonchev–Trinajstić information content (AvgIpc) is 3.04. The smallest absolute Gasteiger partial charge is 0.352 e. The Bertz CT molecular complexity index is 834. The Kier molecular flexibility index (Phi) is 4.38. The number of rotatable bonds is 4. The molecule has 0 N–H and O–H groups in total. The van der Waals surface area contributed by atoms with E-state index in [1.807, 2.05) is 0 Å². The first-order valence-electron chi connectivity index (χ1n) is 6.64. The number of hydrogen-bond acceptors (Lipinski definition) is 5. The number of esters is 1. The maximum absolute atomic E-state index is 13.5. The quantitative estimate of drug-likeness (QED) is 0.681. The van der Waals surface area contributed by atoms with Crippen LogP contribution in [0.2, 0.25) is 0 Å². The molecule has 0 atom stereocenters. The molecule has 0 spiro atoms. The van der Waals surface area contributed by atoms with Gasteiger partial charge in [-0.3, -0.25) is 0 Å². The predicted molar refractivity (Wildman–Crippen MR) is 80.8 cm³/mol. The zero-order chi connectivity index (χ0) is 16.2. The largest absolute Gasteiger partial charge is 0.456 e. The summed E-state index contributed by atoms with van der Waals surface area (Å²) in [6.45, 7) is -0.188. The van der Waals surface area contributed by atoms with Gasteiger partial charge in [-0.1, -0.05) is 22.7 Å². The van der Waals surface area contributed by atoms with Crippen molar-refractivity contribution in [2.75, 3.05) is 0 Å². The summed E-state index contributed by atoms with van der Waals surface area (Å²) in [4.78, 5) is 12.4. The molecule has 0 saturated carbocycles. The fraction of sp³-hybridized carbons (Fsp3) is 0.0625. The molecule has 0 aliphatic heterocycles. The van der Waals surface area contributed by atoms with E-state index < -0.39 is 11.8 Å². The molecule has 3 aromatic rings. The molecule has 3 rings (SSSR count). The zero-order valence-electron chi connectivity index (χ0n) is 11.7. The van der Waals surface area contributed by atoms with Crippen LogP contribution in [-0.4, -0.2) is 15.6 Å². The van der Waals surface area contributed by atoms with Crippen LogP contribution in [0.5, 0.6) is 0 Å². The maximum atomic E-state index is 13.5. The van der Waals surface area contributed by atoms with Gasteiger partial charge in [0.2, 0.25) is 0 Å². The fourth-order valence-corrected chi connectivity index (χ4v) is 2.53. The Labute approximate surface area is 134 Å². The standard InChI is InChI=1S/C16H10F2N2O2S/c17-12-7-5-10(6-8-12)14-15(23-20-19-14)16(21)22-9-11-3-1-2-4-13(11)18/h1-8H,9H2. The fourth-order valence-electron chi connectivity index (χ4n) is 1.95. The van der Waals surface area contributed by atoms with Crippen LogP contribution in [0, 0.1) is 11.6 Å². The lowest BCUT2D eigenvalue weighted by atomic mass is 10.1. The highest BCUT2D eigenvalue weighted by atomic mass is 32.1. The summed E-state index contributed by atoms with van der Waals surface area (Å²) in [6.07, 6.45) is 0. The highest BCUT2D eigenvalue weighted by Crippen LogP contribution is 2.25. The van der Waals surface area contributed by atoms with E-state index in [0.717, 1.165) is 11.5 Å². The Morgan fingerprint density at radius 3 is 2.57 bits per heavy atom. The van der Waals surface area contributed by atoms with Gasteiger partial charge in [-0.05, 0) is 41.9 Å². The Hall–Kier alpha value is -2.67. The molecule has 23 heavy (non-hydrogen) atoms. The second-order valence-electron chi connectivity index (χ2n) is 4.63. The van der Waals surface area contributed by atoms with Crippen molar-refractivity contribution in [1.82, 2.24) is 9.59 Å². The molecule has 0 aliphatic carbocycles. The molecule has 1 aromatic heterocycles. The first-order valence-corrected chi connectivity index (χ1v) is 7.41. The second kappa shape index (κ2) is 6.62. The molecule has 0 bridgehead atoms. The molecule has 4 nitrogen and oxygen atoms in total. The lowest BCUT2D eigenvalue weighted by Gasteiger charge is -2.05. The van der Waals surface area contributed by atoms with Gasteiger partial charge in [-0.15, -0.1) is 5.10 Å². The lowest BCUT2D eigenvalue weighted by Crippen LogP contribution is -2.06. The van der Waals surface area contributed by atoms with Gasteiger partial charge in [0.1, 0.15) is 23.9 Å². The SMILES string of the molecule is O=C(OCc1ccccc1F)c1snnc1-c1ccc(F)cc1. The molecule has 7 heteroatoms. The monoisotopic (exact) mass is 332 g/mol. The second-order valence-corrected chi connectivity index (χ2v) is 5.38. The van der Waals surface area contributed by atoms with Crippen molar-refractivity contribution in [3.05, 3.63) is 70.6 Å². The number of aromatic nitrogens is 2. The van der Waals surface area contributed by atoms with Gasteiger partial charge in [-0.25, -0.2) is 13.6 Å². The number of carbonyl (C=O) groups excluding carboxylic acids is 1. The summed E-state index contributed by atoms with van der Waals surface area (Å²) in [5, 5.41) is 3.88. The first-order chi connectivity index (χ1) is 11.1. The van der Waals surface area contributed by atoms with Crippen LogP contribution in [0.4, 0.5) is 8.78 Å². The van der Waals surface area contributed by atoms with Crippen molar-refractivity contribution in [2.24, 2.45) is 0 Å². The third-order valence-corrected chi connectivity index (χ3v) is 3.81. The highest BCUT2D eigenvalue weighted by molar-refractivity contribution is 7.08. The summed E-state index contributed by atoms with van der Waals surface area (Å²) in [7, 11) is 0. The van der Waals surface area contributed by atoms with E-state index in [1.54, 1.807) is 12.1 Å². The van der Waals surface area contributed by atoms with Gasteiger partial charge in [0.25, 0.3) is 0 Å². The molecule has 0 radical (unpaired) electrons. The lowest BCUT2D eigenvalue weighted by molar-refractivity contribution is 0.0475. The number of carbonyl (C=O) groups is 1. The molecule has 0 fully saturated rings. The van der Waals surface area contributed by atoms with Crippen molar-refractivity contribution < 1.29 is 18.3 Å². The number of ether oxygens (including phenoxy) is 1. The van der Waals surface area contributed by atoms with Gasteiger partial charge >= 0.3 is 5.97 Å². The van der Waals surface area contributed by atoms with Crippen LogP contribution in [0.1, 0.15) is 15.2 Å². The van der Waals surface area contributed by atoms with E-state index in [1.165, 1.54) is 36.4 Å². The van der Waals surface area contributed by atoms with Crippen LogP contribution in [0.25, 0.3) is 11.3 Å². The molecule has 0 saturated heterocycles. The van der Waals surface area contributed by atoms with Crippen LogP contribution in [-0.2, 0) is 11.3 Å². The topological polar surface area (TPSA) is 52.1 Å². The molecule has 0 amide bonds. The van der Waals surface area contributed by atoms with E-state index in [0.29, 0.717) is 11.3 Å². The van der Waals surface area contributed by atoms with Gasteiger partial charge < -0.3 is 4.74 Å². The van der Waals surface area contributed by atoms with Crippen LogP contribution < -0.4 is 0 Å². The first kappa shape index (κ1) is 15.2. The van der Waals surface area contributed by atoms with Gasteiger partial charge in [0, 0.05) is 11.1 Å².